The zero-order valence-corrected chi connectivity index (χ0v) is 12.6. The van der Waals surface area contributed by atoms with Crippen molar-refractivity contribution in [2.45, 2.75) is 25.6 Å². The van der Waals surface area contributed by atoms with Crippen LogP contribution in [0.1, 0.15) is 24.2 Å². The Morgan fingerprint density at radius 2 is 1.61 bits per heavy atom. The number of carbonyl (C=O) groups is 3. The van der Waals surface area contributed by atoms with Crippen LogP contribution >= 0.6 is 0 Å². The summed E-state index contributed by atoms with van der Waals surface area (Å²) in [6, 6.07) is 5.80. The van der Waals surface area contributed by atoms with Gasteiger partial charge in [-0.25, -0.2) is 4.79 Å². The fourth-order valence-electron chi connectivity index (χ4n) is 1.57. The number of benzene rings is 1. The van der Waals surface area contributed by atoms with Crippen LogP contribution < -0.4 is 10.6 Å². The second-order valence-electron chi connectivity index (χ2n) is 5.07. The molecule has 0 aliphatic rings. The normalized spacial score (nSPS) is 11.6. The van der Waals surface area contributed by atoms with Crippen molar-refractivity contribution in [2.75, 3.05) is 12.4 Å². The van der Waals surface area contributed by atoms with Crippen LogP contribution in [-0.2, 0) is 14.3 Å². The lowest BCUT2D eigenvalue weighted by Crippen LogP contribution is -2.55. The molecule has 0 spiro atoms. The van der Waals surface area contributed by atoms with Gasteiger partial charge in [0.2, 0.25) is 5.91 Å². The zero-order valence-electron chi connectivity index (χ0n) is 12.6. The molecule has 0 aliphatic carbocycles. The number of alkyl halides is 3. The van der Waals surface area contributed by atoms with E-state index in [2.05, 4.69) is 10.1 Å². The van der Waals surface area contributed by atoms with Gasteiger partial charge >= 0.3 is 18.1 Å². The molecule has 1 aromatic rings. The van der Waals surface area contributed by atoms with Crippen molar-refractivity contribution in [3.05, 3.63) is 29.8 Å². The van der Waals surface area contributed by atoms with E-state index in [0.717, 1.165) is 21.0 Å². The third-order valence-electron chi connectivity index (χ3n) is 2.83. The minimum Gasteiger partial charge on any atom is -0.465 e. The van der Waals surface area contributed by atoms with Gasteiger partial charge in [0.25, 0.3) is 0 Å². The SMILES string of the molecule is COC(=O)c1ccccc1NC(=O)C(C)(C)NC(=O)C(F)(F)F. The fourth-order valence-corrected chi connectivity index (χ4v) is 1.57. The lowest BCUT2D eigenvalue weighted by molar-refractivity contribution is -0.175. The van der Waals surface area contributed by atoms with Crippen molar-refractivity contribution in [1.29, 1.82) is 0 Å². The molecule has 0 saturated heterocycles. The molecule has 2 N–H and O–H groups in total. The summed E-state index contributed by atoms with van der Waals surface area (Å²) in [4.78, 5) is 34.7. The number of methoxy groups -OCH3 is 1. The van der Waals surface area contributed by atoms with E-state index in [1.807, 2.05) is 0 Å². The summed E-state index contributed by atoms with van der Waals surface area (Å²) in [7, 11) is 1.15. The molecule has 1 rings (SSSR count). The zero-order chi connectivity index (χ0) is 17.8. The molecule has 0 aliphatic heterocycles. The van der Waals surface area contributed by atoms with Crippen molar-refractivity contribution in [3.63, 3.8) is 0 Å². The Bertz CT molecular complexity index is 627. The van der Waals surface area contributed by atoms with Crippen LogP contribution in [0.3, 0.4) is 0 Å². The monoisotopic (exact) mass is 332 g/mol. The summed E-state index contributed by atoms with van der Waals surface area (Å²) in [6.07, 6.45) is -5.11. The van der Waals surface area contributed by atoms with Gasteiger partial charge in [0.05, 0.1) is 18.4 Å². The summed E-state index contributed by atoms with van der Waals surface area (Å²) in [5.74, 6) is -3.89. The predicted molar refractivity (Wildman–Crippen MR) is 74.7 cm³/mol. The molecule has 23 heavy (non-hydrogen) atoms. The Morgan fingerprint density at radius 1 is 1.04 bits per heavy atom. The van der Waals surface area contributed by atoms with Crippen LogP contribution in [0, 0.1) is 0 Å². The van der Waals surface area contributed by atoms with Gasteiger partial charge in [0.15, 0.2) is 0 Å². The van der Waals surface area contributed by atoms with Crippen LogP contribution in [0.15, 0.2) is 24.3 Å². The number of amides is 2. The Morgan fingerprint density at radius 3 is 2.13 bits per heavy atom. The van der Waals surface area contributed by atoms with E-state index in [1.165, 1.54) is 24.3 Å². The summed E-state index contributed by atoms with van der Waals surface area (Å²) < 4.78 is 41.4. The van der Waals surface area contributed by atoms with E-state index in [1.54, 1.807) is 5.32 Å². The largest absolute Gasteiger partial charge is 0.471 e. The molecule has 0 unspecified atom stereocenters. The number of anilines is 1. The first-order valence-corrected chi connectivity index (χ1v) is 6.37. The van der Waals surface area contributed by atoms with Crippen LogP contribution in [0.2, 0.25) is 0 Å². The van der Waals surface area contributed by atoms with Crippen LogP contribution in [0.5, 0.6) is 0 Å². The van der Waals surface area contributed by atoms with Crippen LogP contribution in [-0.4, -0.2) is 36.6 Å². The second kappa shape index (κ2) is 6.67. The molecular weight excluding hydrogens is 317 g/mol. The third-order valence-corrected chi connectivity index (χ3v) is 2.83. The molecule has 2 amide bonds. The minimum absolute atomic E-state index is 0.0290. The Kier molecular flexibility index (Phi) is 5.36. The number of rotatable bonds is 4. The number of halogens is 3. The summed E-state index contributed by atoms with van der Waals surface area (Å²) in [6.45, 7) is 2.21. The van der Waals surface area contributed by atoms with E-state index >= 15 is 0 Å². The summed E-state index contributed by atoms with van der Waals surface area (Å²) >= 11 is 0. The maximum absolute atomic E-state index is 12.3. The first kappa shape index (κ1) is 18.5. The van der Waals surface area contributed by atoms with Crippen LogP contribution in [0.4, 0.5) is 18.9 Å². The molecule has 0 fully saturated rings. The molecule has 0 aromatic heterocycles. The van der Waals surface area contributed by atoms with Gasteiger partial charge in [-0.1, -0.05) is 12.1 Å². The van der Waals surface area contributed by atoms with E-state index < -0.39 is 29.5 Å². The summed E-state index contributed by atoms with van der Waals surface area (Å²) in [5.41, 5.74) is -1.77. The Labute approximate surface area is 130 Å². The molecule has 1 aromatic carbocycles. The predicted octanol–water partition coefficient (Wildman–Crippen LogP) is 1.87. The molecule has 9 heteroatoms. The third kappa shape index (κ3) is 4.70. The summed E-state index contributed by atoms with van der Waals surface area (Å²) in [5, 5.41) is 3.89. The van der Waals surface area contributed by atoms with Gasteiger partial charge in [0, 0.05) is 0 Å². The molecule has 126 valence electrons. The average Bonchev–Trinajstić information content (AvgIpc) is 2.45. The highest BCUT2D eigenvalue weighted by Gasteiger charge is 2.43. The second-order valence-corrected chi connectivity index (χ2v) is 5.07. The van der Waals surface area contributed by atoms with E-state index in [-0.39, 0.29) is 11.3 Å². The Hall–Kier alpha value is -2.58. The molecule has 0 radical (unpaired) electrons. The molecule has 0 saturated carbocycles. The van der Waals surface area contributed by atoms with Crippen molar-refractivity contribution in [1.82, 2.24) is 5.32 Å². The van der Waals surface area contributed by atoms with Crippen molar-refractivity contribution < 1.29 is 32.3 Å². The highest BCUT2D eigenvalue weighted by atomic mass is 19.4. The first-order chi connectivity index (χ1) is 10.5. The number of ether oxygens (including phenoxy) is 1. The highest BCUT2D eigenvalue weighted by Crippen LogP contribution is 2.20. The number of hydrogen-bond acceptors (Lipinski definition) is 4. The number of para-hydroxylation sites is 1. The van der Waals surface area contributed by atoms with Gasteiger partial charge in [0.1, 0.15) is 5.54 Å². The van der Waals surface area contributed by atoms with Gasteiger partial charge < -0.3 is 15.4 Å². The Balaban J connectivity index is 2.95. The molecule has 0 atom stereocenters. The van der Waals surface area contributed by atoms with Gasteiger partial charge in [-0.3, -0.25) is 9.59 Å². The van der Waals surface area contributed by atoms with Crippen molar-refractivity contribution in [2.24, 2.45) is 0 Å². The molecule has 0 bridgehead atoms. The maximum Gasteiger partial charge on any atom is 0.471 e. The number of hydrogen-bond donors (Lipinski definition) is 2. The van der Waals surface area contributed by atoms with Gasteiger partial charge in [-0.15, -0.1) is 0 Å². The number of esters is 1. The minimum atomic E-state index is -5.11. The highest BCUT2D eigenvalue weighted by molar-refractivity contribution is 6.05. The number of carbonyl (C=O) groups excluding carboxylic acids is 3. The molecule has 6 nitrogen and oxygen atoms in total. The molecular formula is C14H15F3N2O4. The standard InChI is InChI=1S/C14H15F3N2O4/c1-13(2,19-12(22)14(15,16)17)11(21)18-9-7-5-4-6-8(9)10(20)23-3/h4-7H,1-3H3,(H,18,21)(H,19,22). The van der Waals surface area contributed by atoms with E-state index in [9.17, 15) is 27.6 Å². The van der Waals surface area contributed by atoms with Crippen LogP contribution in [0.25, 0.3) is 0 Å². The number of nitrogens with one attached hydrogen (secondary N) is 2. The van der Waals surface area contributed by atoms with E-state index in [0.29, 0.717) is 0 Å². The topological polar surface area (TPSA) is 84.5 Å². The van der Waals surface area contributed by atoms with Crippen molar-refractivity contribution in [3.8, 4) is 0 Å². The smallest absolute Gasteiger partial charge is 0.465 e. The van der Waals surface area contributed by atoms with Gasteiger partial charge in [-0.05, 0) is 26.0 Å². The molecule has 0 heterocycles. The van der Waals surface area contributed by atoms with E-state index in [4.69, 9.17) is 0 Å². The lowest BCUT2D eigenvalue weighted by Gasteiger charge is -2.26. The maximum atomic E-state index is 12.3. The average molecular weight is 332 g/mol. The lowest BCUT2D eigenvalue weighted by atomic mass is 10.0. The van der Waals surface area contributed by atoms with Gasteiger partial charge in [-0.2, -0.15) is 13.2 Å². The quantitative estimate of drug-likeness (QED) is 0.825. The first-order valence-electron chi connectivity index (χ1n) is 6.37. The van der Waals surface area contributed by atoms with Crippen molar-refractivity contribution >= 4 is 23.5 Å². The fraction of sp³-hybridized carbons (Fsp3) is 0.357.